The van der Waals surface area contributed by atoms with Crippen LogP contribution in [-0.2, 0) is 4.79 Å². The molecule has 4 rings (SSSR count). The molecule has 32 heavy (non-hydrogen) atoms. The number of halogens is 1. The zero-order chi connectivity index (χ0) is 22.5. The lowest BCUT2D eigenvalue weighted by molar-refractivity contribution is -0.120. The number of fused-ring (bicyclic) bond motifs is 1. The van der Waals surface area contributed by atoms with Crippen LogP contribution in [0.3, 0.4) is 0 Å². The normalized spacial score (nSPS) is 16.1. The summed E-state index contributed by atoms with van der Waals surface area (Å²) in [4.78, 5) is 24.7. The van der Waals surface area contributed by atoms with Crippen LogP contribution < -0.4 is 19.7 Å². The Kier molecular flexibility index (Phi) is 6.95. The van der Waals surface area contributed by atoms with Crippen LogP contribution in [0.5, 0.6) is 11.6 Å². The average molecular weight is 455 g/mol. The molecule has 1 fully saturated rings. The molecule has 1 aromatic heterocycles. The number of anilines is 2. The number of nitrogens with zero attached hydrogens (tertiary/aromatic N) is 3. The van der Waals surface area contributed by atoms with Gasteiger partial charge in [0, 0.05) is 18.1 Å². The van der Waals surface area contributed by atoms with Crippen LogP contribution in [0.2, 0.25) is 5.02 Å². The molecule has 0 aliphatic carbocycles. The number of hydrogen-bond acceptors (Lipinski definition) is 6. The Labute approximate surface area is 192 Å². The summed E-state index contributed by atoms with van der Waals surface area (Å²) in [5, 5.41) is 3.52. The zero-order valence-corrected chi connectivity index (χ0v) is 19.1. The SMILES string of the molecule is CCCOc1nc2ccccc2nc1N1CCC[C@@H](C(=O)Nc2cc(Cl)ccc2OC)C1. The number of carbonyl (C=O) groups is 1. The van der Waals surface area contributed by atoms with Crippen LogP contribution in [-0.4, -0.2) is 42.7 Å². The van der Waals surface area contributed by atoms with Crippen molar-refractivity contribution in [2.45, 2.75) is 26.2 Å². The Morgan fingerprint density at radius 2 is 2.00 bits per heavy atom. The third-order valence-corrected chi connectivity index (χ3v) is 5.71. The number of aromatic nitrogens is 2. The fraction of sp³-hybridized carbons (Fsp3) is 0.375. The van der Waals surface area contributed by atoms with Gasteiger partial charge in [-0.25, -0.2) is 9.97 Å². The number of rotatable bonds is 7. The lowest BCUT2D eigenvalue weighted by Crippen LogP contribution is -2.41. The first-order valence-electron chi connectivity index (χ1n) is 10.9. The Hall–Kier alpha value is -3.06. The van der Waals surface area contributed by atoms with Crippen molar-refractivity contribution >= 4 is 40.0 Å². The van der Waals surface area contributed by atoms with Crippen LogP contribution >= 0.6 is 11.6 Å². The van der Waals surface area contributed by atoms with Crippen molar-refractivity contribution in [3.8, 4) is 11.6 Å². The standard InChI is InChI=1S/C24H27ClN4O3/c1-3-13-32-24-22(26-18-8-4-5-9-19(18)28-24)29-12-6-7-16(15-29)23(30)27-20-14-17(25)10-11-21(20)31-2/h4-5,8-11,14,16H,3,6-7,12-13,15H2,1-2H3,(H,27,30)/t16-/m1/s1. The Bertz CT molecular complexity index is 1110. The Balaban J connectivity index is 1.56. The Morgan fingerprint density at radius 1 is 1.22 bits per heavy atom. The van der Waals surface area contributed by atoms with Crippen LogP contribution in [0.1, 0.15) is 26.2 Å². The van der Waals surface area contributed by atoms with E-state index < -0.39 is 0 Å². The van der Waals surface area contributed by atoms with E-state index in [0.717, 1.165) is 36.8 Å². The van der Waals surface area contributed by atoms with E-state index in [1.807, 2.05) is 24.3 Å². The molecule has 0 spiro atoms. The summed E-state index contributed by atoms with van der Waals surface area (Å²) in [7, 11) is 1.57. The number of benzene rings is 2. The van der Waals surface area contributed by atoms with E-state index in [4.69, 9.17) is 31.0 Å². The molecule has 0 radical (unpaired) electrons. The van der Waals surface area contributed by atoms with Gasteiger partial charge in [0.25, 0.3) is 5.88 Å². The second kappa shape index (κ2) is 10.0. The van der Waals surface area contributed by atoms with Gasteiger partial charge in [-0.3, -0.25) is 4.79 Å². The number of hydrogen-bond donors (Lipinski definition) is 1. The lowest BCUT2D eigenvalue weighted by Gasteiger charge is -2.33. The zero-order valence-electron chi connectivity index (χ0n) is 18.3. The summed E-state index contributed by atoms with van der Waals surface area (Å²) < 4.78 is 11.3. The third kappa shape index (κ3) is 4.88. The van der Waals surface area contributed by atoms with E-state index in [-0.39, 0.29) is 11.8 Å². The first kappa shape index (κ1) is 22.1. The van der Waals surface area contributed by atoms with Gasteiger partial charge < -0.3 is 19.7 Å². The molecule has 1 aliphatic heterocycles. The summed E-state index contributed by atoms with van der Waals surface area (Å²) >= 11 is 6.11. The van der Waals surface area contributed by atoms with Gasteiger partial charge in [-0.2, -0.15) is 0 Å². The highest BCUT2D eigenvalue weighted by molar-refractivity contribution is 6.31. The fourth-order valence-electron chi connectivity index (χ4n) is 3.87. The van der Waals surface area contributed by atoms with Gasteiger partial charge >= 0.3 is 0 Å². The van der Waals surface area contributed by atoms with Crippen LogP contribution in [0.15, 0.2) is 42.5 Å². The molecule has 0 unspecified atom stereocenters. The van der Waals surface area contributed by atoms with Crippen LogP contribution in [0, 0.1) is 5.92 Å². The van der Waals surface area contributed by atoms with Crippen molar-refractivity contribution in [2.24, 2.45) is 5.92 Å². The number of carbonyl (C=O) groups excluding carboxylic acids is 1. The highest BCUT2D eigenvalue weighted by atomic mass is 35.5. The van der Waals surface area contributed by atoms with Crippen LogP contribution in [0.4, 0.5) is 11.5 Å². The molecule has 1 aliphatic rings. The lowest BCUT2D eigenvalue weighted by atomic mass is 9.97. The van der Waals surface area contributed by atoms with E-state index in [9.17, 15) is 4.79 Å². The smallest absolute Gasteiger partial charge is 0.258 e. The molecule has 0 bridgehead atoms. The second-order valence-corrected chi connectivity index (χ2v) is 8.25. The first-order chi connectivity index (χ1) is 15.6. The number of nitrogens with one attached hydrogen (secondary N) is 1. The Morgan fingerprint density at radius 3 is 2.75 bits per heavy atom. The van der Waals surface area contributed by atoms with E-state index in [2.05, 4.69) is 17.1 Å². The molecule has 3 aromatic rings. The predicted molar refractivity (Wildman–Crippen MR) is 127 cm³/mol. The number of methoxy groups -OCH3 is 1. The molecule has 1 atom stereocenters. The van der Waals surface area contributed by atoms with E-state index in [1.54, 1.807) is 25.3 Å². The van der Waals surface area contributed by atoms with Gasteiger partial charge in [0.05, 0.1) is 36.4 Å². The molecule has 1 saturated heterocycles. The summed E-state index contributed by atoms with van der Waals surface area (Å²) in [6, 6.07) is 12.9. The van der Waals surface area contributed by atoms with Gasteiger partial charge in [0.1, 0.15) is 5.75 Å². The quantitative estimate of drug-likeness (QED) is 0.545. The summed E-state index contributed by atoms with van der Waals surface area (Å²) in [6.07, 6.45) is 2.53. The van der Waals surface area contributed by atoms with Gasteiger partial charge in [-0.1, -0.05) is 30.7 Å². The number of para-hydroxylation sites is 2. The molecule has 1 amide bonds. The maximum Gasteiger partial charge on any atom is 0.258 e. The molecule has 2 heterocycles. The predicted octanol–water partition coefficient (Wildman–Crippen LogP) is 4.94. The number of ether oxygens (including phenoxy) is 2. The average Bonchev–Trinajstić information content (AvgIpc) is 2.82. The first-order valence-corrected chi connectivity index (χ1v) is 11.3. The molecule has 168 valence electrons. The van der Waals surface area contributed by atoms with Crippen molar-refractivity contribution in [2.75, 3.05) is 37.0 Å². The van der Waals surface area contributed by atoms with Crippen molar-refractivity contribution in [1.82, 2.24) is 9.97 Å². The van der Waals surface area contributed by atoms with Gasteiger partial charge in [-0.15, -0.1) is 0 Å². The topological polar surface area (TPSA) is 76.6 Å². The summed E-state index contributed by atoms with van der Waals surface area (Å²) in [5.74, 6) is 1.50. The van der Waals surface area contributed by atoms with Crippen molar-refractivity contribution in [3.63, 3.8) is 0 Å². The largest absolute Gasteiger partial charge is 0.495 e. The number of piperidine rings is 1. The monoisotopic (exact) mass is 454 g/mol. The highest BCUT2D eigenvalue weighted by Gasteiger charge is 2.29. The minimum atomic E-state index is -0.209. The van der Waals surface area contributed by atoms with Crippen LogP contribution in [0.25, 0.3) is 11.0 Å². The molecule has 1 N–H and O–H groups in total. The molecule has 2 aromatic carbocycles. The summed E-state index contributed by atoms with van der Waals surface area (Å²) in [6.45, 7) is 3.94. The van der Waals surface area contributed by atoms with E-state index in [1.165, 1.54) is 0 Å². The molecular weight excluding hydrogens is 428 g/mol. The van der Waals surface area contributed by atoms with Gasteiger partial charge in [-0.05, 0) is 49.6 Å². The molecular formula is C24H27ClN4O3. The van der Waals surface area contributed by atoms with Crippen molar-refractivity contribution in [3.05, 3.63) is 47.5 Å². The number of amides is 1. The van der Waals surface area contributed by atoms with Gasteiger partial charge in [0.2, 0.25) is 5.91 Å². The molecule has 8 heteroatoms. The highest BCUT2D eigenvalue weighted by Crippen LogP contribution is 2.32. The van der Waals surface area contributed by atoms with Crippen molar-refractivity contribution in [1.29, 1.82) is 0 Å². The van der Waals surface area contributed by atoms with Gasteiger partial charge in [0.15, 0.2) is 5.82 Å². The maximum atomic E-state index is 13.1. The van der Waals surface area contributed by atoms with E-state index >= 15 is 0 Å². The second-order valence-electron chi connectivity index (χ2n) is 7.81. The minimum Gasteiger partial charge on any atom is -0.495 e. The molecule has 7 nitrogen and oxygen atoms in total. The third-order valence-electron chi connectivity index (χ3n) is 5.48. The maximum absolute atomic E-state index is 13.1. The minimum absolute atomic E-state index is 0.0694. The van der Waals surface area contributed by atoms with Crippen molar-refractivity contribution < 1.29 is 14.3 Å². The van der Waals surface area contributed by atoms with E-state index in [0.29, 0.717) is 41.3 Å². The molecule has 0 saturated carbocycles. The summed E-state index contributed by atoms with van der Waals surface area (Å²) in [5.41, 5.74) is 2.17. The fourth-order valence-corrected chi connectivity index (χ4v) is 4.04.